The lowest BCUT2D eigenvalue weighted by atomic mass is 10.1. The molecule has 2 aromatic carbocycles. The molecule has 3 aromatic heterocycles. The third-order valence-electron chi connectivity index (χ3n) is 5.16. The molecule has 10 heteroatoms. The molecule has 33 heavy (non-hydrogen) atoms. The molecule has 8 nitrogen and oxygen atoms in total. The van der Waals surface area contributed by atoms with E-state index in [0.717, 1.165) is 38.3 Å². The van der Waals surface area contributed by atoms with Crippen molar-refractivity contribution in [1.82, 2.24) is 24.8 Å². The maximum Gasteiger partial charge on any atom is 0.187 e. The molecule has 2 N–H and O–H groups in total. The molecule has 0 saturated heterocycles. The van der Waals surface area contributed by atoms with Crippen molar-refractivity contribution in [3.63, 3.8) is 0 Å². The highest BCUT2D eigenvalue weighted by Gasteiger charge is 2.21. The number of nitrogens with zero attached hydrogens (tertiary/aromatic N) is 5. The Morgan fingerprint density at radius 2 is 1.73 bits per heavy atom. The largest absolute Gasteiger partial charge is 0.497 e. The molecule has 0 aliphatic heterocycles. The fraction of sp³-hybridized carbons (Fsp3) is 0.130. The Morgan fingerprint density at radius 1 is 1.00 bits per heavy atom. The van der Waals surface area contributed by atoms with Crippen LogP contribution in [0.15, 0.2) is 58.4 Å². The van der Waals surface area contributed by atoms with Crippen LogP contribution in [-0.2, 0) is 11.3 Å². The molecular formula is C23H19BrN6O2S. The van der Waals surface area contributed by atoms with Crippen LogP contribution in [0.25, 0.3) is 38.7 Å². The summed E-state index contributed by atoms with van der Waals surface area (Å²) in [5, 5.41) is 16.2. The highest BCUT2D eigenvalue weighted by molar-refractivity contribution is 9.10. The molecule has 5 aromatic rings. The first-order chi connectivity index (χ1) is 16.1. The van der Waals surface area contributed by atoms with E-state index in [-0.39, 0.29) is 0 Å². The summed E-state index contributed by atoms with van der Waals surface area (Å²) in [5.74, 6) is 1.13. The molecule has 0 bridgehead atoms. The fourth-order valence-corrected chi connectivity index (χ4v) is 4.63. The van der Waals surface area contributed by atoms with Crippen LogP contribution >= 0.6 is 27.3 Å². The molecule has 0 amide bonds. The van der Waals surface area contributed by atoms with Crippen LogP contribution in [0.4, 0.5) is 5.82 Å². The number of nitrogen functional groups attached to an aromatic ring is 1. The number of hydrogen-bond donors (Lipinski definition) is 1. The molecule has 0 fully saturated rings. The molecule has 0 unspecified atom stereocenters. The summed E-state index contributed by atoms with van der Waals surface area (Å²) < 4.78 is 13.3. The van der Waals surface area contributed by atoms with Gasteiger partial charge in [0.1, 0.15) is 10.8 Å². The summed E-state index contributed by atoms with van der Waals surface area (Å²) in [5.41, 5.74) is 11.9. The van der Waals surface area contributed by atoms with E-state index in [9.17, 15) is 0 Å². The van der Waals surface area contributed by atoms with Crippen molar-refractivity contribution in [2.24, 2.45) is 0 Å². The number of ether oxygens (including phenoxy) is 2. The van der Waals surface area contributed by atoms with Gasteiger partial charge in [0.05, 0.1) is 30.7 Å². The summed E-state index contributed by atoms with van der Waals surface area (Å²) in [7, 11) is 3.26. The first-order valence-corrected chi connectivity index (χ1v) is 11.6. The van der Waals surface area contributed by atoms with Gasteiger partial charge in [-0.15, -0.1) is 21.5 Å². The van der Waals surface area contributed by atoms with E-state index in [1.165, 1.54) is 11.3 Å². The SMILES string of the molecule is COCc1nn2c(N)c(-c3nc(-c4ccc(Br)cc4)cs3)nnc2c1-c1ccc(OC)cc1. The van der Waals surface area contributed by atoms with Gasteiger partial charge >= 0.3 is 0 Å². The van der Waals surface area contributed by atoms with E-state index in [4.69, 9.17) is 20.2 Å². The maximum absolute atomic E-state index is 6.52. The Morgan fingerprint density at radius 3 is 2.42 bits per heavy atom. The molecule has 0 spiro atoms. The van der Waals surface area contributed by atoms with E-state index in [0.29, 0.717) is 28.8 Å². The Hall–Kier alpha value is -3.34. The zero-order chi connectivity index (χ0) is 22.9. The van der Waals surface area contributed by atoms with Crippen molar-refractivity contribution in [3.05, 3.63) is 64.1 Å². The normalized spacial score (nSPS) is 11.2. The van der Waals surface area contributed by atoms with Gasteiger partial charge in [0.2, 0.25) is 0 Å². The Balaban J connectivity index is 1.60. The van der Waals surface area contributed by atoms with Crippen molar-refractivity contribution >= 4 is 38.7 Å². The number of rotatable bonds is 6. The monoisotopic (exact) mass is 522 g/mol. The summed E-state index contributed by atoms with van der Waals surface area (Å²) >= 11 is 4.92. The molecule has 0 aliphatic carbocycles. The second kappa shape index (κ2) is 8.89. The molecular weight excluding hydrogens is 504 g/mol. The van der Waals surface area contributed by atoms with Crippen molar-refractivity contribution in [1.29, 1.82) is 0 Å². The minimum Gasteiger partial charge on any atom is -0.497 e. The number of nitrogens with two attached hydrogens (primary N) is 1. The molecule has 0 saturated carbocycles. The Labute approximate surface area is 202 Å². The topological polar surface area (TPSA) is 100 Å². The van der Waals surface area contributed by atoms with Gasteiger partial charge in [-0.3, -0.25) is 0 Å². The molecule has 0 radical (unpaired) electrons. The number of thiazole rings is 1. The van der Waals surface area contributed by atoms with Crippen LogP contribution in [-0.4, -0.2) is 39.0 Å². The highest BCUT2D eigenvalue weighted by atomic mass is 79.9. The Bertz CT molecular complexity index is 1430. The molecule has 166 valence electrons. The number of anilines is 1. The predicted octanol–water partition coefficient (Wildman–Crippen LogP) is 5.08. The van der Waals surface area contributed by atoms with Gasteiger partial charge in [-0.2, -0.15) is 9.61 Å². The van der Waals surface area contributed by atoms with Crippen molar-refractivity contribution < 1.29 is 9.47 Å². The van der Waals surface area contributed by atoms with Crippen LogP contribution in [0.2, 0.25) is 0 Å². The van der Waals surface area contributed by atoms with Crippen LogP contribution in [0.5, 0.6) is 5.75 Å². The van der Waals surface area contributed by atoms with Gasteiger partial charge in [0.15, 0.2) is 17.2 Å². The van der Waals surface area contributed by atoms with Gasteiger partial charge in [0.25, 0.3) is 0 Å². The minimum absolute atomic E-state index is 0.310. The zero-order valence-electron chi connectivity index (χ0n) is 17.8. The Kier molecular flexibility index (Phi) is 5.79. The number of fused-ring (bicyclic) bond motifs is 1. The van der Waals surface area contributed by atoms with E-state index in [1.54, 1.807) is 18.7 Å². The summed E-state index contributed by atoms with van der Waals surface area (Å²) in [6.07, 6.45) is 0. The first kappa shape index (κ1) is 21.5. The standard InChI is InChI=1S/C23H19BrN6O2S/c1-31-11-17-19(14-5-9-16(32-2)10-6-14)22-28-27-20(21(25)30(22)29-17)23-26-18(12-33-23)13-3-7-15(24)8-4-13/h3-10,12H,11,25H2,1-2H3. The molecule has 0 atom stereocenters. The van der Waals surface area contributed by atoms with E-state index >= 15 is 0 Å². The average molecular weight is 523 g/mol. The first-order valence-electron chi connectivity index (χ1n) is 9.98. The van der Waals surface area contributed by atoms with Crippen molar-refractivity contribution in [2.45, 2.75) is 6.61 Å². The van der Waals surface area contributed by atoms with Gasteiger partial charge in [-0.25, -0.2) is 4.98 Å². The second-order valence-corrected chi connectivity index (χ2v) is 8.97. The van der Waals surface area contributed by atoms with Gasteiger partial charge in [-0.05, 0) is 29.8 Å². The molecule has 0 aliphatic rings. The average Bonchev–Trinajstić information content (AvgIpc) is 3.46. The van der Waals surface area contributed by atoms with Gasteiger partial charge in [-0.1, -0.05) is 40.2 Å². The van der Waals surface area contributed by atoms with Crippen molar-refractivity contribution in [2.75, 3.05) is 20.0 Å². The number of hydrogen-bond acceptors (Lipinski definition) is 8. The fourth-order valence-electron chi connectivity index (χ4n) is 3.54. The smallest absolute Gasteiger partial charge is 0.187 e. The van der Waals surface area contributed by atoms with Crippen LogP contribution < -0.4 is 10.5 Å². The summed E-state index contributed by atoms with van der Waals surface area (Å²) in [6.45, 7) is 0.310. The summed E-state index contributed by atoms with van der Waals surface area (Å²) in [6, 6.07) is 15.7. The number of methoxy groups -OCH3 is 2. The third kappa shape index (κ3) is 3.97. The van der Waals surface area contributed by atoms with Gasteiger partial charge < -0.3 is 15.2 Å². The number of halogens is 1. The number of aromatic nitrogens is 5. The van der Waals surface area contributed by atoms with Crippen LogP contribution in [0.1, 0.15) is 5.69 Å². The van der Waals surface area contributed by atoms with E-state index in [1.807, 2.05) is 53.9 Å². The minimum atomic E-state index is 0.310. The molecule has 5 rings (SSSR count). The lowest BCUT2D eigenvalue weighted by Crippen LogP contribution is -2.05. The maximum atomic E-state index is 6.52. The lowest BCUT2D eigenvalue weighted by Gasteiger charge is -2.05. The second-order valence-electron chi connectivity index (χ2n) is 7.20. The highest BCUT2D eigenvalue weighted by Crippen LogP contribution is 2.34. The third-order valence-corrected chi connectivity index (χ3v) is 6.53. The van der Waals surface area contributed by atoms with Gasteiger partial charge in [0, 0.05) is 22.5 Å². The van der Waals surface area contributed by atoms with Crippen molar-refractivity contribution in [3.8, 4) is 38.8 Å². The lowest BCUT2D eigenvalue weighted by molar-refractivity contribution is 0.181. The van der Waals surface area contributed by atoms with E-state index < -0.39 is 0 Å². The van der Waals surface area contributed by atoms with Crippen LogP contribution in [0.3, 0.4) is 0 Å². The summed E-state index contributed by atoms with van der Waals surface area (Å²) in [4.78, 5) is 4.73. The number of benzene rings is 2. The predicted molar refractivity (Wildman–Crippen MR) is 132 cm³/mol. The van der Waals surface area contributed by atoms with E-state index in [2.05, 4.69) is 31.2 Å². The zero-order valence-corrected chi connectivity index (χ0v) is 20.2. The quantitative estimate of drug-likeness (QED) is 0.331. The van der Waals surface area contributed by atoms with Crippen LogP contribution in [0, 0.1) is 0 Å². The molecule has 3 heterocycles.